The number of carbonyl (C=O) groups excluding carboxylic acids is 2. The lowest BCUT2D eigenvalue weighted by atomic mass is 10.1. The maximum absolute atomic E-state index is 13.0. The highest BCUT2D eigenvalue weighted by atomic mass is 16.5. The van der Waals surface area contributed by atoms with Gasteiger partial charge in [0.05, 0.1) is 24.0 Å². The van der Waals surface area contributed by atoms with Gasteiger partial charge in [-0.25, -0.2) is 0 Å². The number of para-hydroxylation sites is 3. The lowest BCUT2D eigenvalue weighted by Crippen LogP contribution is -2.10. The van der Waals surface area contributed by atoms with Crippen LogP contribution in [0, 0.1) is 0 Å². The highest BCUT2D eigenvalue weighted by molar-refractivity contribution is 6.11. The highest BCUT2D eigenvalue weighted by Gasteiger charge is 2.13. The zero-order chi connectivity index (χ0) is 20.6. The molecule has 29 heavy (non-hydrogen) atoms. The van der Waals surface area contributed by atoms with Gasteiger partial charge in [-0.05, 0) is 29.8 Å². The average Bonchev–Trinajstić information content (AvgIpc) is 2.74. The van der Waals surface area contributed by atoms with E-state index in [4.69, 9.17) is 4.74 Å². The third-order valence-corrected chi connectivity index (χ3v) is 4.24. The summed E-state index contributed by atoms with van der Waals surface area (Å²) in [5, 5.41) is 6.09. The Hall–Kier alpha value is -3.86. The van der Waals surface area contributed by atoms with Crippen molar-refractivity contribution in [2.75, 3.05) is 17.7 Å². The molecule has 0 unspecified atom stereocenters. The third kappa shape index (κ3) is 5.11. The normalized spacial score (nSPS) is 10.9. The minimum absolute atomic E-state index is 0.172. The Balaban J connectivity index is 2.02. The van der Waals surface area contributed by atoms with Gasteiger partial charge in [0, 0.05) is 18.7 Å². The molecule has 5 heteroatoms. The first-order valence-electron chi connectivity index (χ1n) is 9.16. The Morgan fingerprint density at radius 1 is 0.793 bits per heavy atom. The number of anilines is 2. The van der Waals surface area contributed by atoms with Gasteiger partial charge in [-0.1, -0.05) is 54.6 Å². The second kappa shape index (κ2) is 9.37. The fraction of sp³-hybridized carbons (Fsp3) is 0.0833. The summed E-state index contributed by atoms with van der Waals surface area (Å²) in [6.07, 6.45) is 1.54. The maximum atomic E-state index is 13.0. The molecule has 0 spiro atoms. The summed E-state index contributed by atoms with van der Waals surface area (Å²) in [4.78, 5) is 24.5. The van der Waals surface area contributed by atoms with Crippen molar-refractivity contribution >= 4 is 28.8 Å². The zero-order valence-electron chi connectivity index (χ0n) is 16.3. The predicted molar refractivity (Wildman–Crippen MR) is 116 cm³/mol. The molecule has 0 saturated heterocycles. The van der Waals surface area contributed by atoms with Crippen molar-refractivity contribution in [3.05, 3.63) is 96.1 Å². The van der Waals surface area contributed by atoms with E-state index in [-0.39, 0.29) is 11.7 Å². The first-order valence-corrected chi connectivity index (χ1v) is 9.16. The van der Waals surface area contributed by atoms with Crippen LogP contribution < -0.4 is 15.4 Å². The summed E-state index contributed by atoms with van der Waals surface area (Å²) < 4.78 is 5.32. The van der Waals surface area contributed by atoms with Gasteiger partial charge in [0.25, 0.3) is 0 Å². The van der Waals surface area contributed by atoms with Crippen LogP contribution in [-0.2, 0) is 4.79 Å². The van der Waals surface area contributed by atoms with Crippen LogP contribution >= 0.6 is 0 Å². The molecular formula is C24H22N2O3. The minimum Gasteiger partial charge on any atom is -0.496 e. The van der Waals surface area contributed by atoms with Crippen LogP contribution in [0.2, 0.25) is 0 Å². The van der Waals surface area contributed by atoms with Gasteiger partial charge >= 0.3 is 0 Å². The van der Waals surface area contributed by atoms with E-state index in [0.717, 1.165) is 5.56 Å². The SMILES string of the molecule is COc1ccccc1C(=O)/C=C(\Nc1ccccc1NC(C)=O)c1ccccc1. The molecule has 2 N–H and O–H groups in total. The summed E-state index contributed by atoms with van der Waals surface area (Å²) in [7, 11) is 1.54. The molecule has 1 amide bonds. The van der Waals surface area contributed by atoms with Crippen molar-refractivity contribution in [2.24, 2.45) is 0 Å². The van der Waals surface area contributed by atoms with Crippen molar-refractivity contribution in [3.63, 3.8) is 0 Å². The number of hydrogen-bond donors (Lipinski definition) is 2. The van der Waals surface area contributed by atoms with Crippen molar-refractivity contribution in [1.82, 2.24) is 0 Å². The van der Waals surface area contributed by atoms with Crippen LogP contribution in [0.4, 0.5) is 11.4 Å². The summed E-state index contributed by atoms with van der Waals surface area (Å²) in [6, 6.07) is 24.0. The largest absolute Gasteiger partial charge is 0.496 e. The van der Waals surface area contributed by atoms with Crippen molar-refractivity contribution in [1.29, 1.82) is 0 Å². The number of allylic oxidation sites excluding steroid dienone is 1. The molecule has 0 aliphatic heterocycles. The van der Waals surface area contributed by atoms with E-state index < -0.39 is 0 Å². The van der Waals surface area contributed by atoms with Crippen LogP contribution in [0.3, 0.4) is 0 Å². The van der Waals surface area contributed by atoms with Gasteiger partial charge in [0.2, 0.25) is 5.91 Å². The number of carbonyl (C=O) groups is 2. The molecule has 0 fully saturated rings. The Morgan fingerprint density at radius 2 is 1.38 bits per heavy atom. The molecule has 0 atom stereocenters. The summed E-state index contributed by atoms with van der Waals surface area (Å²) in [5.74, 6) is 0.153. The minimum atomic E-state index is -0.189. The highest BCUT2D eigenvalue weighted by Crippen LogP contribution is 2.27. The van der Waals surface area contributed by atoms with E-state index >= 15 is 0 Å². The van der Waals surface area contributed by atoms with E-state index in [1.165, 1.54) is 20.1 Å². The molecule has 0 heterocycles. The molecular weight excluding hydrogens is 364 g/mol. The van der Waals surface area contributed by atoms with Crippen molar-refractivity contribution in [2.45, 2.75) is 6.92 Å². The van der Waals surface area contributed by atoms with Crippen LogP contribution in [-0.4, -0.2) is 18.8 Å². The van der Waals surface area contributed by atoms with Gasteiger partial charge in [-0.3, -0.25) is 9.59 Å². The second-order valence-corrected chi connectivity index (χ2v) is 6.34. The van der Waals surface area contributed by atoms with Crippen molar-refractivity contribution in [3.8, 4) is 5.75 Å². The number of rotatable bonds is 7. The van der Waals surface area contributed by atoms with E-state index in [0.29, 0.717) is 28.4 Å². The molecule has 0 radical (unpaired) electrons. The summed E-state index contributed by atoms with van der Waals surface area (Å²) in [6.45, 7) is 1.45. The summed E-state index contributed by atoms with van der Waals surface area (Å²) >= 11 is 0. The standard InChI is InChI=1S/C24H22N2O3/c1-17(27)25-20-13-7-8-14-21(20)26-22(18-10-4-3-5-11-18)16-23(28)19-12-6-9-15-24(19)29-2/h3-16,26H,1-2H3,(H,25,27)/b22-16-. The Kier molecular flexibility index (Phi) is 6.43. The molecule has 3 aromatic rings. The van der Waals surface area contributed by atoms with Gasteiger partial charge in [0.1, 0.15) is 5.75 Å². The topological polar surface area (TPSA) is 67.4 Å². The number of ketones is 1. The summed E-state index contributed by atoms with van der Waals surface area (Å²) in [5.41, 5.74) is 3.24. The van der Waals surface area contributed by atoms with E-state index in [1.54, 1.807) is 24.3 Å². The Morgan fingerprint density at radius 3 is 2.03 bits per heavy atom. The fourth-order valence-corrected chi connectivity index (χ4v) is 2.90. The van der Waals surface area contributed by atoms with Crippen LogP contribution in [0.1, 0.15) is 22.8 Å². The first-order chi connectivity index (χ1) is 14.1. The molecule has 0 bridgehead atoms. The molecule has 0 aromatic heterocycles. The molecule has 146 valence electrons. The first kappa shape index (κ1) is 19.9. The Labute approximate surface area is 170 Å². The molecule has 0 aliphatic rings. The van der Waals surface area contributed by atoms with Gasteiger partial charge < -0.3 is 15.4 Å². The number of ether oxygens (including phenoxy) is 1. The van der Waals surface area contributed by atoms with E-state index in [2.05, 4.69) is 10.6 Å². The molecule has 5 nitrogen and oxygen atoms in total. The molecule has 3 aromatic carbocycles. The second-order valence-electron chi connectivity index (χ2n) is 6.34. The van der Waals surface area contributed by atoms with Crippen LogP contribution in [0.15, 0.2) is 84.9 Å². The van der Waals surface area contributed by atoms with Gasteiger partial charge in [-0.2, -0.15) is 0 Å². The number of methoxy groups -OCH3 is 1. The molecule has 0 saturated carbocycles. The van der Waals surface area contributed by atoms with Gasteiger partial charge in [0.15, 0.2) is 5.78 Å². The fourth-order valence-electron chi connectivity index (χ4n) is 2.90. The smallest absolute Gasteiger partial charge is 0.221 e. The number of nitrogens with one attached hydrogen (secondary N) is 2. The number of amides is 1. The lowest BCUT2D eigenvalue weighted by Gasteiger charge is -2.15. The molecule has 3 rings (SSSR count). The number of hydrogen-bond acceptors (Lipinski definition) is 4. The molecule has 0 aliphatic carbocycles. The Bertz CT molecular complexity index is 1040. The average molecular weight is 386 g/mol. The number of benzene rings is 3. The maximum Gasteiger partial charge on any atom is 0.221 e. The lowest BCUT2D eigenvalue weighted by molar-refractivity contribution is -0.114. The van der Waals surface area contributed by atoms with Crippen LogP contribution in [0.25, 0.3) is 5.70 Å². The monoisotopic (exact) mass is 386 g/mol. The van der Waals surface area contributed by atoms with E-state index in [9.17, 15) is 9.59 Å². The van der Waals surface area contributed by atoms with Crippen molar-refractivity contribution < 1.29 is 14.3 Å². The predicted octanol–water partition coefficient (Wildman–Crippen LogP) is 4.99. The van der Waals surface area contributed by atoms with Crippen LogP contribution in [0.5, 0.6) is 5.75 Å². The zero-order valence-corrected chi connectivity index (χ0v) is 16.3. The van der Waals surface area contributed by atoms with E-state index in [1.807, 2.05) is 54.6 Å². The third-order valence-electron chi connectivity index (χ3n) is 4.24. The van der Waals surface area contributed by atoms with Gasteiger partial charge in [-0.15, -0.1) is 0 Å². The quantitative estimate of drug-likeness (QED) is 0.443.